The molecule has 1 rings (SSSR count). The third-order valence-corrected chi connectivity index (χ3v) is 3.56. The third-order valence-electron chi connectivity index (χ3n) is 1.30. The number of hydrogen-bond donors (Lipinski definition) is 0. The molecule has 0 bridgehead atoms. The molecule has 48 valence electrons. The topological polar surface area (TPSA) is 17.1 Å². The summed E-state index contributed by atoms with van der Waals surface area (Å²) in [5.74, 6) is 0. The second-order valence-corrected chi connectivity index (χ2v) is 4.71. The zero-order chi connectivity index (χ0) is 6.85. The first-order valence-corrected chi connectivity index (χ1v) is 4.47. The van der Waals surface area contributed by atoms with E-state index >= 15 is 0 Å². The predicted octanol–water partition coefficient (Wildman–Crippen LogP) is 1.17. The summed E-state index contributed by atoms with van der Waals surface area (Å²) in [4.78, 5) is 10.2. The van der Waals surface area contributed by atoms with Crippen molar-refractivity contribution in [2.45, 2.75) is 13.8 Å². The van der Waals surface area contributed by atoms with E-state index in [1.165, 1.54) is 10.0 Å². The second-order valence-electron chi connectivity index (χ2n) is 2.01. The summed E-state index contributed by atoms with van der Waals surface area (Å²) in [5, 5.41) is 0. The van der Waals surface area contributed by atoms with Crippen molar-refractivity contribution in [2.75, 3.05) is 0 Å². The van der Waals surface area contributed by atoms with E-state index in [4.69, 9.17) is 0 Å². The molecule has 0 aliphatic heterocycles. The molecule has 1 aromatic rings. The van der Waals surface area contributed by atoms with Gasteiger partial charge in [0.2, 0.25) is 0 Å². The molecule has 0 saturated carbocycles. The number of aryl methyl sites for hydroxylation is 2. The molecule has 1 heterocycles. The van der Waals surface area contributed by atoms with Crippen LogP contribution in [-0.2, 0) is 0 Å². The summed E-state index contributed by atoms with van der Waals surface area (Å²) in [7, 11) is 0. The SMILES string of the molecule is Cc1cc(C=O)[se]c1C. The van der Waals surface area contributed by atoms with Gasteiger partial charge in [0.15, 0.2) is 0 Å². The van der Waals surface area contributed by atoms with Gasteiger partial charge in [-0.05, 0) is 0 Å². The van der Waals surface area contributed by atoms with Crippen LogP contribution in [0.3, 0.4) is 0 Å². The van der Waals surface area contributed by atoms with E-state index in [-0.39, 0.29) is 0 Å². The summed E-state index contributed by atoms with van der Waals surface area (Å²) >= 11 is 0.339. The van der Waals surface area contributed by atoms with E-state index in [1.807, 2.05) is 13.0 Å². The van der Waals surface area contributed by atoms with Gasteiger partial charge in [-0.3, -0.25) is 0 Å². The molecule has 2 heteroatoms. The first kappa shape index (κ1) is 6.78. The minimum absolute atomic E-state index is 0.339. The van der Waals surface area contributed by atoms with Gasteiger partial charge in [0, 0.05) is 0 Å². The molecule has 0 amide bonds. The van der Waals surface area contributed by atoms with Gasteiger partial charge in [-0.2, -0.15) is 0 Å². The van der Waals surface area contributed by atoms with E-state index < -0.39 is 0 Å². The van der Waals surface area contributed by atoms with Crippen molar-refractivity contribution >= 4 is 20.8 Å². The normalized spacial score (nSPS) is 9.56. The fourth-order valence-electron chi connectivity index (χ4n) is 0.660. The van der Waals surface area contributed by atoms with Crippen LogP contribution in [0.2, 0.25) is 0 Å². The monoisotopic (exact) mass is 188 g/mol. The molecule has 0 spiro atoms. The van der Waals surface area contributed by atoms with Gasteiger partial charge in [-0.15, -0.1) is 0 Å². The van der Waals surface area contributed by atoms with E-state index in [1.54, 1.807) is 0 Å². The van der Waals surface area contributed by atoms with Crippen LogP contribution in [0, 0.1) is 13.8 Å². The van der Waals surface area contributed by atoms with E-state index in [2.05, 4.69) is 6.92 Å². The van der Waals surface area contributed by atoms with Gasteiger partial charge in [0.1, 0.15) is 0 Å². The maximum atomic E-state index is 10.2. The third kappa shape index (κ3) is 1.32. The molecule has 0 unspecified atom stereocenters. The molecule has 0 fully saturated rings. The Labute approximate surface area is 60.4 Å². The van der Waals surface area contributed by atoms with Crippen molar-refractivity contribution in [3.63, 3.8) is 0 Å². The number of carbonyl (C=O) groups excluding carboxylic acids is 1. The second kappa shape index (κ2) is 2.51. The van der Waals surface area contributed by atoms with Gasteiger partial charge in [0.05, 0.1) is 0 Å². The van der Waals surface area contributed by atoms with Gasteiger partial charge in [-0.25, -0.2) is 0 Å². The summed E-state index contributed by atoms with van der Waals surface area (Å²) in [5.41, 5.74) is 1.28. The Balaban J connectivity index is 3.11. The maximum absolute atomic E-state index is 10.2. The number of carbonyl (C=O) groups is 1. The van der Waals surface area contributed by atoms with Crippen LogP contribution in [0.4, 0.5) is 0 Å². The van der Waals surface area contributed by atoms with Crippen molar-refractivity contribution in [1.29, 1.82) is 0 Å². The van der Waals surface area contributed by atoms with Crippen LogP contribution in [0.1, 0.15) is 19.2 Å². The zero-order valence-corrected chi connectivity index (χ0v) is 7.18. The predicted molar refractivity (Wildman–Crippen MR) is 38.2 cm³/mol. The van der Waals surface area contributed by atoms with Gasteiger partial charge in [-0.1, -0.05) is 0 Å². The molecule has 0 N–H and O–H groups in total. The summed E-state index contributed by atoms with van der Waals surface area (Å²) in [6, 6.07) is 1.97. The number of aldehydes is 1. The van der Waals surface area contributed by atoms with Crippen LogP contribution < -0.4 is 0 Å². The van der Waals surface area contributed by atoms with Crippen molar-refractivity contribution < 1.29 is 4.79 Å². The van der Waals surface area contributed by atoms with Crippen LogP contribution in [0.15, 0.2) is 6.07 Å². The van der Waals surface area contributed by atoms with E-state index in [9.17, 15) is 4.79 Å². The summed E-state index contributed by atoms with van der Waals surface area (Å²) in [6.07, 6.45) is 0.958. The van der Waals surface area contributed by atoms with Gasteiger partial charge in [0.25, 0.3) is 0 Å². The first-order valence-electron chi connectivity index (χ1n) is 2.76. The Morgan fingerprint density at radius 1 is 1.56 bits per heavy atom. The molecular weight excluding hydrogens is 179 g/mol. The van der Waals surface area contributed by atoms with Gasteiger partial charge >= 0.3 is 59.9 Å². The Morgan fingerprint density at radius 3 is 2.44 bits per heavy atom. The molecule has 1 nitrogen and oxygen atoms in total. The Morgan fingerprint density at radius 2 is 2.22 bits per heavy atom. The van der Waals surface area contributed by atoms with E-state index in [0.29, 0.717) is 14.5 Å². The molecule has 1 aromatic heterocycles. The average Bonchev–Trinajstić information content (AvgIpc) is 2.13. The van der Waals surface area contributed by atoms with E-state index in [0.717, 1.165) is 10.7 Å². The first-order chi connectivity index (χ1) is 4.24. The van der Waals surface area contributed by atoms with Crippen LogP contribution >= 0.6 is 0 Å². The molecule has 0 aliphatic rings. The fraction of sp³-hybridized carbons (Fsp3) is 0.286. The Hall–Kier alpha value is -0.331. The average molecular weight is 187 g/mol. The Kier molecular flexibility index (Phi) is 1.89. The Bertz CT molecular complexity index is 205. The summed E-state index contributed by atoms with van der Waals surface area (Å²) < 4.78 is 2.35. The standard InChI is InChI=1S/C7H8OSe/c1-5-3-7(4-8)9-6(5)2/h3-4H,1-2H3. The molecule has 0 aromatic carbocycles. The number of hydrogen-bond acceptors (Lipinski definition) is 1. The minimum atomic E-state index is 0.339. The molecule has 0 radical (unpaired) electrons. The molecule has 0 atom stereocenters. The van der Waals surface area contributed by atoms with Crippen LogP contribution in [0.5, 0.6) is 0 Å². The zero-order valence-electron chi connectivity index (χ0n) is 5.47. The van der Waals surface area contributed by atoms with Crippen molar-refractivity contribution in [3.8, 4) is 0 Å². The molecule has 0 saturated heterocycles. The van der Waals surface area contributed by atoms with Crippen LogP contribution in [-0.4, -0.2) is 20.8 Å². The van der Waals surface area contributed by atoms with Crippen molar-refractivity contribution in [1.82, 2.24) is 0 Å². The van der Waals surface area contributed by atoms with Crippen LogP contribution in [0.25, 0.3) is 0 Å². The quantitative estimate of drug-likeness (QED) is 0.476. The fourth-order valence-corrected chi connectivity index (χ4v) is 2.46. The molecule has 9 heavy (non-hydrogen) atoms. The van der Waals surface area contributed by atoms with Crippen molar-refractivity contribution in [3.05, 3.63) is 20.5 Å². The number of rotatable bonds is 1. The summed E-state index contributed by atoms with van der Waals surface area (Å²) in [6.45, 7) is 4.13. The van der Waals surface area contributed by atoms with Crippen molar-refractivity contribution in [2.24, 2.45) is 0 Å². The molecule has 0 aliphatic carbocycles. The molecular formula is C7H8OSe. The van der Waals surface area contributed by atoms with Gasteiger partial charge < -0.3 is 0 Å².